The first-order valence-corrected chi connectivity index (χ1v) is 17.0. The molecular formula is C31H51NO7Si. The van der Waals surface area contributed by atoms with E-state index in [0.717, 1.165) is 43.1 Å². The number of amides is 1. The number of hydrogen-bond donors (Lipinski definition) is 1. The van der Waals surface area contributed by atoms with E-state index in [1.807, 2.05) is 32.9 Å². The number of hydrogen-bond acceptors (Lipinski definition) is 7. The Morgan fingerprint density at radius 1 is 0.900 bits per heavy atom. The number of carbonyl (C=O) groups excluding carboxylic acids is 2. The van der Waals surface area contributed by atoms with E-state index in [1.54, 1.807) is 6.08 Å². The second-order valence-electron chi connectivity index (χ2n) is 10.3. The number of aryl methyl sites for hydroxylation is 1. The lowest BCUT2D eigenvalue weighted by Crippen LogP contribution is -2.46. The van der Waals surface area contributed by atoms with Crippen molar-refractivity contribution in [3.05, 3.63) is 41.5 Å². The van der Waals surface area contributed by atoms with Crippen LogP contribution in [0.5, 0.6) is 0 Å². The minimum absolute atomic E-state index is 0.341. The molecule has 8 nitrogen and oxygen atoms in total. The Bertz CT molecular complexity index is 852. The standard InChI is InChI=1S/C31H51NO7Si/c1-5-37-40(38-6-2,39-7-3)25-9-23-32-31(34)36-24-8-10-26-11-13-27(14-12-26)15-16-28-17-19-29(20-18-28)21-22-30(33)35-4/h17-22,26-27H,5-16,23-25H2,1-4H3,(H,32,34)/b22-21+/t26-,27-. The average Bonchev–Trinajstić information content (AvgIpc) is 2.97. The van der Waals surface area contributed by atoms with E-state index in [-0.39, 0.29) is 12.1 Å². The molecule has 2 rings (SSSR count). The quantitative estimate of drug-likeness (QED) is 0.0862. The zero-order valence-electron chi connectivity index (χ0n) is 25.1. The van der Waals surface area contributed by atoms with E-state index in [2.05, 4.69) is 22.2 Å². The summed E-state index contributed by atoms with van der Waals surface area (Å²) in [6, 6.07) is 9.07. The number of nitrogens with one attached hydrogen (secondary N) is 1. The summed E-state index contributed by atoms with van der Waals surface area (Å²) in [6.45, 7) is 8.47. The van der Waals surface area contributed by atoms with Crippen LogP contribution in [0.1, 0.15) is 83.3 Å². The van der Waals surface area contributed by atoms with Gasteiger partial charge in [-0.3, -0.25) is 0 Å². The first-order valence-electron chi connectivity index (χ1n) is 15.1. The maximum atomic E-state index is 12.1. The lowest BCUT2D eigenvalue weighted by Gasteiger charge is -2.28. The maximum absolute atomic E-state index is 12.1. The topological polar surface area (TPSA) is 92.3 Å². The number of esters is 1. The molecule has 0 heterocycles. The largest absolute Gasteiger partial charge is 0.500 e. The molecule has 0 spiro atoms. The first kappa shape index (κ1) is 34.0. The van der Waals surface area contributed by atoms with Crippen LogP contribution in [0.4, 0.5) is 4.79 Å². The van der Waals surface area contributed by atoms with Crippen molar-refractivity contribution >= 4 is 26.9 Å². The number of methoxy groups -OCH3 is 1. The van der Waals surface area contributed by atoms with Crippen LogP contribution in [0.15, 0.2) is 30.3 Å². The lowest BCUT2D eigenvalue weighted by molar-refractivity contribution is -0.134. The van der Waals surface area contributed by atoms with Gasteiger partial charge in [-0.25, -0.2) is 9.59 Å². The molecule has 1 aliphatic carbocycles. The molecule has 0 unspecified atom stereocenters. The second-order valence-corrected chi connectivity index (χ2v) is 13.0. The maximum Gasteiger partial charge on any atom is 0.500 e. The molecule has 1 aliphatic rings. The summed E-state index contributed by atoms with van der Waals surface area (Å²) in [5, 5.41) is 2.84. The van der Waals surface area contributed by atoms with E-state index < -0.39 is 8.80 Å². The van der Waals surface area contributed by atoms with Crippen molar-refractivity contribution in [1.29, 1.82) is 0 Å². The third-order valence-corrected chi connectivity index (χ3v) is 10.6. The first-order chi connectivity index (χ1) is 19.4. The predicted molar refractivity (Wildman–Crippen MR) is 160 cm³/mol. The second kappa shape index (κ2) is 19.8. The Balaban J connectivity index is 1.54. The van der Waals surface area contributed by atoms with Gasteiger partial charge in [0.2, 0.25) is 0 Å². The summed E-state index contributed by atoms with van der Waals surface area (Å²) in [5.74, 6) is 1.18. The van der Waals surface area contributed by atoms with Gasteiger partial charge in [-0.2, -0.15) is 0 Å². The van der Waals surface area contributed by atoms with Crippen molar-refractivity contribution in [3.63, 3.8) is 0 Å². The Kier molecular flexibility index (Phi) is 16.8. The van der Waals surface area contributed by atoms with Crippen LogP contribution in [-0.2, 0) is 34.0 Å². The molecule has 0 aliphatic heterocycles. The van der Waals surface area contributed by atoms with E-state index in [4.69, 9.17) is 18.0 Å². The van der Waals surface area contributed by atoms with Crippen molar-refractivity contribution in [3.8, 4) is 0 Å². The predicted octanol–water partition coefficient (Wildman–Crippen LogP) is 6.56. The highest BCUT2D eigenvalue weighted by atomic mass is 28.4. The van der Waals surface area contributed by atoms with Gasteiger partial charge in [0, 0.05) is 38.5 Å². The molecule has 0 radical (unpaired) electrons. The number of benzene rings is 1. The van der Waals surface area contributed by atoms with E-state index in [9.17, 15) is 9.59 Å². The van der Waals surface area contributed by atoms with Crippen LogP contribution < -0.4 is 5.32 Å². The molecule has 226 valence electrons. The van der Waals surface area contributed by atoms with Gasteiger partial charge < -0.3 is 28.1 Å². The van der Waals surface area contributed by atoms with Crippen LogP contribution in [0.2, 0.25) is 6.04 Å². The molecule has 1 amide bonds. The minimum Gasteiger partial charge on any atom is -0.466 e. The van der Waals surface area contributed by atoms with Gasteiger partial charge in [0.1, 0.15) is 0 Å². The smallest absolute Gasteiger partial charge is 0.466 e. The summed E-state index contributed by atoms with van der Waals surface area (Å²) < 4.78 is 27.6. The molecule has 1 aromatic carbocycles. The van der Waals surface area contributed by atoms with Crippen LogP contribution in [0, 0.1) is 11.8 Å². The number of alkyl carbamates (subject to hydrolysis) is 1. The summed E-state index contributed by atoms with van der Waals surface area (Å²) in [7, 11) is -1.28. The van der Waals surface area contributed by atoms with Gasteiger partial charge in [0.25, 0.3) is 0 Å². The van der Waals surface area contributed by atoms with E-state index >= 15 is 0 Å². The van der Waals surface area contributed by atoms with Gasteiger partial charge in [-0.15, -0.1) is 0 Å². The van der Waals surface area contributed by atoms with Gasteiger partial charge in [-0.05, 0) is 81.9 Å². The average molecular weight is 578 g/mol. The lowest BCUT2D eigenvalue weighted by atomic mass is 9.78. The van der Waals surface area contributed by atoms with Gasteiger partial charge in [0.15, 0.2) is 0 Å². The van der Waals surface area contributed by atoms with Crippen LogP contribution in [0.25, 0.3) is 6.08 Å². The van der Waals surface area contributed by atoms with Crippen molar-refractivity contribution in [2.75, 3.05) is 40.1 Å². The van der Waals surface area contributed by atoms with Crippen molar-refractivity contribution in [2.24, 2.45) is 11.8 Å². The number of carbonyl (C=O) groups is 2. The molecule has 1 fully saturated rings. The molecule has 9 heteroatoms. The Morgan fingerprint density at radius 2 is 1.50 bits per heavy atom. The Labute approximate surface area is 242 Å². The van der Waals surface area contributed by atoms with Gasteiger partial charge in [0.05, 0.1) is 13.7 Å². The molecular weight excluding hydrogens is 526 g/mol. The molecule has 1 aromatic rings. The molecule has 40 heavy (non-hydrogen) atoms. The number of rotatable bonds is 19. The number of ether oxygens (including phenoxy) is 2. The Hall–Kier alpha value is -2.20. The van der Waals surface area contributed by atoms with Crippen molar-refractivity contribution in [1.82, 2.24) is 5.32 Å². The molecule has 0 atom stereocenters. The fourth-order valence-corrected chi connectivity index (χ4v) is 7.90. The summed E-state index contributed by atoms with van der Waals surface area (Å²) in [5.41, 5.74) is 2.34. The molecule has 0 bridgehead atoms. The summed E-state index contributed by atoms with van der Waals surface area (Å²) >= 11 is 0. The SMILES string of the molecule is CCO[Si](CCCNC(=O)OCCC[C@H]1CC[C@H](CCc2ccc(/C=C/C(=O)OC)cc2)CC1)(OCC)OCC. The van der Waals surface area contributed by atoms with Gasteiger partial charge >= 0.3 is 20.9 Å². The summed E-state index contributed by atoms with van der Waals surface area (Å²) in [4.78, 5) is 23.3. The normalized spacial score (nSPS) is 17.6. The Morgan fingerprint density at radius 3 is 2.08 bits per heavy atom. The minimum atomic E-state index is -2.66. The molecule has 1 saturated carbocycles. The van der Waals surface area contributed by atoms with Crippen LogP contribution in [0.3, 0.4) is 0 Å². The monoisotopic (exact) mass is 577 g/mol. The van der Waals surface area contributed by atoms with Crippen molar-refractivity contribution in [2.45, 2.75) is 84.6 Å². The molecule has 1 N–H and O–H groups in total. The highest BCUT2D eigenvalue weighted by molar-refractivity contribution is 6.60. The highest BCUT2D eigenvalue weighted by Crippen LogP contribution is 2.34. The van der Waals surface area contributed by atoms with Crippen LogP contribution >= 0.6 is 0 Å². The molecule has 0 saturated heterocycles. The summed E-state index contributed by atoms with van der Waals surface area (Å²) in [6.07, 6.45) is 13.0. The van der Waals surface area contributed by atoms with Crippen molar-refractivity contribution < 1.29 is 32.3 Å². The van der Waals surface area contributed by atoms with E-state index in [0.29, 0.717) is 39.0 Å². The van der Waals surface area contributed by atoms with Gasteiger partial charge in [-0.1, -0.05) is 49.9 Å². The third-order valence-electron chi connectivity index (χ3n) is 7.41. The fraction of sp³-hybridized carbons (Fsp3) is 0.677. The van der Waals surface area contributed by atoms with Crippen LogP contribution in [-0.4, -0.2) is 60.9 Å². The zero-order chi connectivity index (χ0) is 29.1. The third kappa shape index (κ3) is 13.4. The molecule has 0 aromatic heterocycles. The van der Waals surface area contributed by atoms with E-state index in [1.165, 1.54) is 50.9 Å². The fourth-order valence-electron chi connectivity index (χ4n) is 5.29. The zero-order valence-corrected chi connectivity index (χ0v) is 26.1. The highest BCUT2D eigenvalue weighted by Gasteiger charge is 2.39.